The van der Waals surface area contributed by atoms with E-state index >= 15 is 0 Å². The molecule has 2 aliphatic rings. The van der Waals surface area contributed by atoms with Gasteiger partial charge in [0.2, 0.25) is 0 Å². The maximum absolute atomic E-state index is 13.3. The molecule has 1 saturated heterocycles. The largest absolute Gasteiger partial charge is 0.493 e. The number of likely N-dealkylation sites (tertiary alicyclic amines) is 1. The first-order valence-corrected chi connectivity index (χ1v) is 13.0. The molecule has 0 unspecified atom stereocenters. The number of methoxy groups -OCH3 is 2. The third-order valence-corrected chi connectivity index (χ3v) is 7.34. The number of rotatable bonds is 9. The average Bonchev–Trinajstić information content (AvgIpc) is 3.48. The third kappa shape index (κ3) is 4.92. The van der Waals surface area contributed by atoms with E-state index in [1.807, 2.05) is 12.1 Å². The second-order valence-electron chi connectivity index (χ2n) is 9.63. The highest BCUT2D eigenvalue weighted by molar-refractivity contribution is 6.25. The first kappa shape index (κ1) is 27.6. The Morgan fingerprint density at radius 2 is 1.71 bits per heavy atom. The maximum Gasteiger partial charge on any atom is 0.328 e. The lowest BCUT2D eigenvalue weighted by Crippen LogP contribution is -2.41. The van der Waals surface area contributed by atoms with Crippen LogP contribution < -0.4 is 9.47 Å². The summed E-state index contributed by atoms with van der Waals surface area (Å²) in [4.78, 5) is 65.2. The Balaban J connectivity index is 1.31. The number of nitro groups is 1. The molecule has 2 aliphatic heterocycles. The lowest BCUT2D eigenvalue weighted by atomic mass is 9.94. The monoisotopic (exact) mass is 561 g/mol. The van der Waals surface area contributed by atoms with Crippen LogP contribution in [0.1, 0.15) is 50.3 Å². The van der Waals surface area contributed by atoms with Crippen molar-refractivity contribution in [3.05, 3.63) is 75.3 Å². The highest BCUT2D eigenvalue weighted by atomic mass is 16.6. The minimum atomic E-state index is -0.826. The Morgan fingerprint density at radius 3 is 2.32 bits per heavy atom. The molecule has 3 aromatic rings. The molecule has 12 heteroatoms. The SMILES string of the molecule is COC(=O)[C@@H]1CCCN1C(=O)c1cc(OC)c(OCCCN2C(=O)c3cccc4cccc(c34)C2=O)cc1[N+](=O)[O-]. The number of ether oxygens (including phenoxy) is 3. The Kier molecular flexibility index (Phi) is 7.56. The number of amides is 3. The highest BCUT2D eigenvalue weighted by Gasteiger charge is 2.38. The minimum absolute atomic E-state index is 0.000252. The summed E-state index contributed by atoms with van der Waals surface area (Å²) in [6.07, 6.45) is 1.19. The van der Waals surface area contributed by atoms with Gasteiger partial charge < -0.3 is 19.1 Å². The molecular weight excluding hydrogens is 534 g/mol. The Bertz CT molecular complexity index is 1530. The van der Waals surface area contributed by atoms with Crippen LogP contribution in [-0.2, 0) is 9.53 Å². The zero-order valence-electron chi connectivity index (χ0n) is 22.5. The van der Waals surface area contributed by atoms with Gasteiger partial charge in [-0.2, -0.15) is 0 Å². The summed E-state index contributed by atoms with van der Waals surface area (Å²) >= 11 is 0. The second-order valence-corrected chi connectivity index (χ2v) is 9.63. The molecular formula is C29H27N3O9. The van der Waals surface area contributed by atoms with Crippen LogP contribution >= 0.6 is 0 Å². The van der Waals surface area contributed by atoms with Crippen molar-refractivity contribution in [3.8, 4) is 11.5 Å². The van der Waals surface area contributed by atoms with Crippen LogP contribution in [0.15, 0.2) is 48.5 Å². The third-order valence-electron chi connectivity index (χ3n) is 7.34. The first-order valence-electron chi connectivity index (χ1n) is 13.0. The van der Waals surface area contributed by atoms with Crippen molar-refractivity contribution in [3.63, 3.8) is 0 Å². The molecule has 0 saturated carbocycles. The fourth-order valence-corrected chi connectivity index (χ4v) is 5.38. The van der Waals surface area contributed by atoms with E-state index in [1.54, 1.807) is 24.3 Å². The number of benzene rings is 3. The van der Waals surface area contributed by atoms with Gasteiger partial charge in [0.1, 0.15) is 11.6 Å². The molecule has 0 aromatic heterocycles. The summed E-state index contributed by atoms with van der Waals surface area (Å²) < 4.78 is 15.9. The fraction of sp³-hybridized carbons (Fsp3) is 0.310. The molecule has 41 heavy (non-hydrogen) atoms. The van der Waals surface area contributed by atoms with Crippen molar-refractivity contribution in [1.29, 1.82) is 0 Å². The number of hydrogen-bond acceptors (Lipinski definition) is 9. The second kappa shape index (κ2) is 11.2. The van der Waals surface area contributed by atoms with Crippen LogP contribution in [0, 0.1) is 10.1 Å². The van der Waals surface area contributed by atoms with Crippen molar-refractivity contribution >= 4 is 40.2 Å². The summed E-state index contributed by atoms with van der Waals surface area (Å²) in [7, 11) is 2.55. The quantitative estimate of drug-likeness (QED) is 0.126. The normalized spacial score (nSPS) is 16.2. The molecule has 0 N–H and O–H groups in total. The van der Waals surface area contributed by atoms with Gasteiger partial charge in [0.25, 0.3) is 23.4 Å². The van der Waals surface area contributed by atoms with Crippen LogP contribution in [0.4, 0.5) is 5.69 Å². The average molecular weight is 562 g/mol. The minimum Gasteiger partial charge on any atom is -0.493 e. The summed E-state index contributed by atoms with van der Waals surface area (Å²) in [6, 6.07) is 12.1. The van der Waals surface area contributed by atoms with Gasteiger partial charge in [0.15, 0.2) is 11.5 Å². The van der Waals surface area contributed by atoms with Gasteiger partial charge in [0.05, 0.1) is 31.8 Å². The van der Waals surface area contributed by atoms with E-state index in [0.29, 0.717) is 29.4 Å². The summed E-state index contributed by atoms with van der Waals surface area (Å²) in [6.45, 7) is 0.316. The van der Waals surface area contributed by atoms with Gasteiger partial charge >= 0.3 is 5.97 Å². The molecule has 5 rings (SSSR count). The molecule has 212 valence electrons. The number of carbonyl (C=O) groups is 4. The smallest absolute Gasteiger partial charge is 0.328 e. The molecule has 0 bridgehead atoms. The molecule has 2 heterocycles. The van der Waals surface area contributed by atoms with Crippen molar-refractivity contribution in [2.24, 2.45) is 0 Å². The fourth-order valence-electron chi connectivity index (χ4n) is 5.38. The van der Waals surface area contributed by atoms with Crippen LogP contribution in [-0.4, -0.2) is 78.4 Å². The topological polar surface area (TPSA) is 146 Å². The highest BCUT2D eigenvalue weighted by Crippen LogP contribution is 2.37. The zero-order valence-corrected chi connectivity index (χ0v) is 22.5. The van der Waals surface area contributed by atoms with E-state index in [4.69, 9.17) is 14.2 Å². The summed E-state index contributed by atoms with van der Waals surface area (Å²) in [5, 5.41) is 13.4. The lowest BCUT2D eigenvalue weighted by Gasteiger charge is -2.27. The number of carbonyl (C=O) groups excluding carboxylic acids is 4. The Morgan fingerprint density at radius 1 is 1.02 bits per heavy atom. The lowest BCUT2D eigenvalue weighted by molar-refractivity contribution is -0.385. The van der Waals surface area contributed by atoms with Crippen LogP contribution in [0.3, 0.4) is 0 Å². The standard InChI is InChI=1S/C29H27N3O9/c1-39-23-15-20(28(35)30-12-5-11-21(30)29(36)40-2)22(32(37)38)16-24(23)41-14-6-13-31-26(33)18-9-3-7-17-8-4-10-19(25(17)18)27(31)34/h3-4,7-10,15-16,21H,5-6,11-14H2,1-2H3/t21-/m0/s1. The summed E-state index contributed by atoms with van der Waals surface area (Å²) in [5.41, 5.74) is 0.145. The van der Waals surface area contributed by atoms with Crippen LogP contribution in [0.5, 0.6) is 11.5 Å². The van der Waals surface area contributed by atoms with Gasteiger partial charge in [-0.15, -0.1) is 0 Å². The molecule has 3 amide bonds. The predicted octanol–water partition coefficient (Wildman–Crippen LogP) is 3.60. The summed E-state index contributed by atoms with van der Waals surface area (Å²) in [5.74, 6) is -1.97. The molecule has 1 atom stereocenters. The molecule has 1 fully saturated rings. The van der Waals surface area contributed by atoms with Gasteiger partial charge in [-0.25, -0.2) is 4.79 Å². The zero-order chi connectivity index (χ0) is 29.3. The maximum atomic E-state index is 13.3. The molecule has 3 aromatic carbocycles. The number of imide groups is 1. The molecule has 0 radical (unpaired) electrons. The van der Waals surface area contributed by atoms with E-state index in [1.165, 1.54) is 25.2 Å². The van der Waals surface area contributed by atoms with E-state index in [9.17, 15) is 29.3 Å². The van der Waals surface area contributed by atoms with Crippen molar-refractivity contribution in [2.45, 2.75) is 25.3 Å². The van der Waals surface area contributed by atoms with E-state index in [2.05, 4.69) is 0 Å². The van der Waals surface area contributed by atoms with Crippen LogP contribution in [0.25, 0.3) is 10.8 Å². The van der Waals surface area contributed by atoms with Crippen molar-refractivity contribution in [1.82, 2.24) is 9.80 Å². The van der Waals surface area contributed by atoms with Crippen molar-refractivity contribution < 1.29 is 38.3 Å². The predicted molar refractivity (Wildman–Crippen MR) is 145 cm³/mol. The Hall–Kier alpha value is -5.00. The molecule has 0 spiro atoms. The number of nitrogens with zero attached hydrogens (tertiary/aromatic N) is 3. The first-order chi connectivity index (χ1) is 19.8. The molecule has 0 aliphatic carbocycles. The van der Waals surface area contributed by atoms with Gasteiger partial charge in [-0.05, 0) is 36.8 Å². The van der Waals surface area contributed by atoms with Gasteiger partial charge in [-0.1, -0.05) is 24.3 Å². The van der Waals surface area contributed by atoms with Crippen LogP contribution in [0.2, 0.25) is 0 Å². The van der Waals surface area contributed by atoms with Crippen molar-refractivity contribution in [2.75, 3.05) is 33.9 Å². The van der Waals surface area contributed by atoms with E-state index < -0.39 is 40.3 Å². The number of nitro benzene ring substituents is 1. The van der Waals surface area contributed by atoms with E-state index in [-0.39, 0.29) is 43.2 Å². The van der Waals surface area contributed by atoms with Gasteiger partial charge in [-0.3, -0.25) is 29.4 Å². The Labute approximate surface area is 234 Å². The molecule has 12 nitrogen and oxygen atoms in total. The van der Waals surface area contributed by atoms with E-state index in [0.717, 1.165) is 16.4 Å². The number of hydrogen-bond donors (Lipinski definition) is 0. The van der Waals surface area contributed by atoms with Gasteiger partial charge in [0, 0.05) is 35.7 Å². The number of esters is 1.